The van der Waals surface area contributed by atoms with E-state index in [1.807, 2.05) is 4.90 Å². The Balaban J connectivity index is 1.59. The van der Waals surface area contributed by atoms with E-state index in [0.717, 1.165) is 12.8 Å². The molecule has 1 N–H and O–H groups in total. The number of hydrogen-bond donors (Lipinski definition) is 1. The van der Waals surface area contributed by atoms with E-state index >= 15 is 0 Å². The van der Waals surface area contributed by atoms with Crippen LogP contribution in [0.3, 0.4) is 0 Å². The van der Waals surface area contributed by atoms with Crippen LogP contribution < -0.4 is 11.2 Å². The number of pyridine rings is 1. The van der Waals surface area contributed by atoms with Gasteiger partial charge in [-0.05, 0) is 25.8 Å². The molecule has 0 saturated carbocycles. The third kappa shape index (κ3) is 2.05. The van der Waals surface area contributed by atoms with Crippen molar-refractivity contribution in [3.05, 3.63) is 38.2 Å². The first-order valence-electron chi connectivity index (χ1n) is 8.99. The summed E-state index contributed by atoms with van der Waals surface area (Å²) in [6.45, 7) is 3.09. The third-order valence-electron chi connectivity index (χ3n) is 6.17. The molecule has 8 heteroatoms. The number of amides is 1. The predicted octanol–water partition coefficient (Wildman–Crippen LogP) is 0.180. The van der Waals surface area contributed by atoms with Crippen LogP contribution in [0.25, 0.3) is 11.0 Å². The quantitative estimate of drug-likeness (QED) is 0.786. The van der Waals surface area contributed by atoms with Crippen LogP contribution >= 0.6 is 0 Å². The van der Waals surface area contributed by atoms with Crippen LogP contribution in [0, 0.1) is 18.8 Å². The number of aryl methyl sites for hydroxylation is 2. The van der Waals surface area contributed by atoms with Gasteiger partial charge in [0, 0.05) is 37.7 Å². The number of rotatable bonds is 1. The van der Waals surface area contributed by atoms with Crippen molar-refractivity contribution in [2.45, 2.75) is 32.0 Å². The van der Waals surface area contributed by atoms with Gasteiger partial charge in [-0.2, -0.15) is 0 Å². The zero-order chi connectivity index (χ0) is 18.2. The predicted molar refractivity (Wildman–Crippen MR) is 93.1 cm³/mol. The summed E-state index contributed by atoms with van der Waals surface area (Å²) in [5.74, 6) is 0.627. The number of likely N-dealkylation sites (tertiary alicyclic amines) is 1. The minimum atomic E-state index is -0.568. The lowest BCUT2D eigenvalue weighted by molar-refractivity contribution is 0.0595. The topological polar surface area (TPSA) is 97.3 Å². The number of aromatic nitrogens is 3. The zero-order valence-electron chi connectivity index (χ0n) is 14.7. The minimum Gasteiger partial charge on any atom is -0.374 e. The maximum absolute atomic E-state index is 13.2. The number of fused-ring (bicyclic) bond motifs is 6. The second-order valence-corrected chi connectivity index (χ2v) is 7.66. The summed E-state index contributed by atoms with van der Waals surface area (Å²) in [5, 5.41) is 0.180. The number of nitrogens with zero attached hydrogens (tertiary/aromatic N) is 3. The SMILES string of the molecule is Cc1cc(C(=O)N2C[C@@H]3[C@H](C2)[C@H]2CC[C@@H]3O2)c2c(=O)[nH]c(=O)n(C)c2n1. The van der Waals surface area contributed by atoms with Gasteiger partial charge in [0.05, 0.1) is 23.2 Å². The van der Waals surface area contributed by atoms with Crippen molar-refractivity contribution in [1.29, 1.82) is 0 Å². The van der Waals surface area contributed by atoms with Gasteiger partial charge in [-0.25, -0.2) is 9.78 Å². The molecule has 2 aromatic heterocycles. The Morgan fingerprint density at radius 2 is 1.88 bits per heavy atom. The van der Waals surface area contributed by atoms with Crippen molar-refractivity contribution in [3.63, 3.8) is 0 Å². The Bertz CT molecular complexity index is 1040. The lowest BCUT2D eigenvalue weighted by atomic mass is 9.82. The number of carbonyl (C=O) groups is 1. The lowest BCUT2D eigenvalue weighted by Gasteiger charge is -2.20. The summed E-state index contributed by atoms with van der Waals surface area (Å²) in [5.41, 5.74) is 0.0527. The first-order valence-corrected chi connectivity index (χ1v) is 8.99. The number of carbonyl (C=O) groups excluding carboxylic acids is 1. The fourth-order valence-corrected chi connectivity index (χ4v) is 4.93. The number of aromatic amines is 1. The molecule has 1 amide bonds. The van der Waals surface area contributed by atoms with Crippen LogP contribution in [0.1, 0.15) is 28.9 Å². The summed E-state index contributed by atoms with van der Waals surface area (Å²) in [6.07, 6.45) is 2.69. The maximum atomic E-state index is 13.2. The van der Waals surface area contributed by atoms with Gasteiger partial charge in [0.2, 0.25) is 0 Å². The van der Waals surface area contributed by atoms with Gasteiger partial charge in [-0.15, -0.1) is 0 Å². The number of hydrogen-bond acceptors (Lipinski definition) is 5. The van der Waals surface area contributed by atoms with Crippen molar-refractivity contribution < 1.29 is 9.53 Å². The van der Waals surface area contributed by atoms with Gasteiger partial charge in [0.25, 0.3) is 11.5 Å². The van der Waals surface area contributed by atoms with E-state index in [4.69, 9.17) is 4.74 Å². The maximum Gasteiger partial charge on any atom is 0.329 e. The molecular formula is C18H20N4O4. The van der Waals surface area contributed by atoms with E-state index in [0.29, 0.717) is 36.2 Å². The average Bonchev–Trinajstić information content (AvgIpc) is 3.30. The van der Waals surface area contributed by atoms with E-state index < -0.39 is 11.2 Å². The van der Waals surface area contributed by atoms with Crippen molar-refractivity contribution in [1.82, 2.24) is 19.4 Å². The van der Waals surface area contributed by atoms with E-state index in [1.54, 1.807) is 13.0 Å². The molecule has 3 aliphatic rings. The Morgan fingerprint density at radius 3 is 2.54 bits per heavy atom. The smallest absolute Gasteiger partial charge is 0.329 e. The first kappa shape index (κ1) is 15.7. The highest BCUT2D eigenvalue weighted by Gasteiger charge is 2.53. The zero-order valence-corrected chi connectivity index (χ0v) is 14.7. The second-order valence-electron chi connectivity index (χ2n) is 7.66. The molecule has 0 aliphatic carbocycles. The highest BCUT2D eigenvalue weighted by molar-refractivity contribution is 6.05. The van der Waals surface area contributed by atoms with Gasteiger partial charge in [0.1, 0.15) is 5.65 Å². The fraction of sp³-hybridized carbons (Fsp3) is 0.556. The third-order valence-corrected chi connectivity index (χ3v) is 6.17. The molecule has 2 aromatic rings. The van der Waals surface area contributed by atoms with Crippen LogP contribution in [0.15, 0.2) is 15.7 Å². The van der Waals surface area contributed by atoms with Gasteiger partial charge >= 0.3 is 5.69 Å². The monoisotopic (exact) mass is 356 g/mol. The molecule has 0 radical (unpaired) electrons. The molecule has 3 saturated heterocycles. The largest absolute Gasteiger partial charge is 0.374 e. The molecule has 136 valence electrons. The molecule has 2 bridgehead atoms. The summed E-state index contributed by atoms with van der Waals surface area (Å²) in [7, 11) is 1.54. The standard InChI is InChI=1S/C18H20N4O4/c1-8-5-9(14-15(19-8)21(2)18(25)20-16(14)23)17(24)22-6-10-11(7-22)13-4-3-12(10)26-13/h5,10-13H,3-4,6-7H2,1-2H3,(H,20,23,25)/t10-,11+,12+,13-. The molecule has 8 nitrogen and oxygen atoms in total. The molecule has 0 spiro atoms. The molecule has 4 atom stereocenters. The van der Waals surface area contributed by atoms with Crippen LogP contribution in [0.2, 0.25) is 0 Å². The molecule has 0 aromatic carbocycles. The van der Waals surface area contributed by atoms with Gasteiger partial charge < -0.3 is 9.64 Å². The van der Waals surface area contributed by atoms with Gasteiger partial charge in [0.15, 0.2) is 0 Å². The van der Waals surface area contributed by atoms with E-state index in [2.05, 4.69) is 9.97 Å². The Kier molecular flexibility index (Phi) is 3.19. The van der Waals surface area contributed by atoms with Crippen LogP contribution in [-0.2, 0) is 11.8 Å². The number of nitrogens with one attached hydrogen (secondary N) is 1. The molecule has 5 heterocycles. The minimum absolute atomic E-state index is 0.168. The van der Waals surface area contributed by atoms with Crippen molar-refractivity contribution in [2.75, 3.05) is 13.1 Å². The molecule has 26 heavy (non-hydrogen) atoms. The number of H-pyrrole nitrogens is 1. The average molecular weight is 356 g/mol. The molecule has 5 rings (SSSR count). The van der Waals surface area contributed by atoms with Crippen LogP contribution in [0.4, 0.5) is 0 Å². The molecule has 3 aliphatic heterocycles. The molecule has 0 unspecified atom stereocenters. The summed E-state index contributed by atoms with van der Waals surface area (Å²) >= 11 is 0. The normalized spacial score (nSPS) is 29.5. The number of ether oxygens (including phenoxy) is 1. The first-order chi connectivity index (χ1) is 12.4. The van der Waals surface area contributed by atoms with Crippen molar-refractivity contribution in [3.8, 4) is 0 Å². The lowest BCUT2D eigenvalue weighted by Crippen LogP contribution is -2.34. The van der Waals surface area contributed by atoms with E-state index in [9.17, 15) is 14.4 Å². The Hall–Kier alpha value is -2.48. The van der Waals surface area contributed by atoms with Crippen molar-refractivity contribution in [2.24, 2.45) is 18.9 Å². The summed E-state index contributed by atoms with van der Waals surface area (Å²) in [4.78, 5) is 45.9. The highest BCUT2D eigenvalue weighted by Crippen LogP contribution is 2.47. The Labute approximate surface area is 148 Å². The highest BCUT2D eigenvalue weighted by atomic mass is 16.5. The van der Waals surface area contributed by atoms with E-state index in [1.165, 1.54) is 11.6 Å². The van der Waals surface area contributed by atoms with Crippen molar-refractivity contribution >= 4 is 16.9 Å². The van der Waals surface area contributed by atoms with Crippen LogP contribution in [0.5, 0.6) is 0 Å². The van der Waals surface area contributed by atoms with Gasteiger partial charge in [-0.3, -0.25) is 19.1 Å². The summed E-state index contributed by atoms with van der Waals surface area (Å²) < 4.78 is 7.24. The van der Waals surface area contributed by atoms with Crippen LogP contribution in [-0.4, -0.2) is 50.6 Å². The second kappa shape index (κ2) is 5.26. The molecule has 3 fully saturated rings. The van der Waals surface area contributed by atoms with E-state index in [-0.39, 0.29) is 29.1 Å². The van der Waals surface area contributed by atoms with Gasteiger partial charge in [-0.1, -0.05) is 0 Å². The molecular weight excluding hydrogens is 336 g/mol. The fourth-order valence-electron chi connectivity index (χ4n) is 4.93. The summed E-state index contributed by atoms with van der Waals surface area (Å²) in [6, 6.07) is 1.64. The Morgan fingerprint density at radius 1 is 1.23 bits per heavy atom.